The van der Waals surface area contributed by atoms with Gasteiger partial charge in [0.2, 0.25) is 11.9 Å². The van der Waals surface area contributed by atoms with Crippen molar-refractivity contribution in [3.05, 3.63) is 53.4 Å². The van der Waals surface area contributed by atoms with Crippen molar-refractivity contribution in [1.82, 2.24) is 24.7 Å². The van der Waals surface area contributed by atoms with E-state index >= 15 is 0 Å². The number of thiazole rings is 1. The fraction of sp³-hybridized carbons (Fsp3) is 0.238. The quantitative estimate of drug-likeness (QED) is 0.517. The monoisotopic (exact) mass is 404 g/mol. The van der Waals surface area contributed by atoms with Crippen LogP contribution in [0.1, 0.15) is 24.2 Å². The number of nitrogens with one attached hydrogen (secondary N) is 2. The molecule has 1 aliphatic carbocycles. The lowest BCUT2D eigenvalue weighted by Gasteiger charge is -2.05. The molecule has 8 heteroatoms. The number of hydrogen-bond acceptors (Lipinski definition) is 5. The summed E-state index contributed by atoms with van der Waals surface area (Å²) in [6, 6.07) is 9.99. The van der Waals surface area contributed by atoms with Gasteiger partial charge in [-0.05, 0) is 44.9 Å². The first-order valence-electron chi connectivity index (χ1n) is 9.52. The molecular formula is C21H20N6OS. The van der Waals surface area contributed by atoms with Gasteiger partial charge in [-0.25, -0.2) is 10.1 Å². The lowest BCUT2D eigenvalue weighted by molar-refractivity contribution is -0.117. The molecule has 0 spiro atoms. The van der Waals surface area contributed by atoms with Crippen molar-refractivity contribution in [2.24, 2.45) is 5.92 Å². The summed E-state index contributed by atoms with van der Waals surface area (Å²) in [5.41, 5.74) is 5.93. The Kier molecular flexibility index (Phi) is 4.28. The van der Waals surface area contributed by atoms with Crippen molar-refractivity contribution < 1.29 is 4.79 Å². The van der Waals surface area contributed by atoms with Crippen LogP contribution in [0.15, 0.2) is 42.0 Å². The zero-order valence-corrected chi connectivity index (χ0v) is 17.0. The topological polar surface area (TPSA) is 88.5 Å². The molecule has 0 bridgehead atoms. The Bertz CT molecular complexity index is 1190. The van der Waals surface area contributed by atoms with Crippen molar-refractivity contribution in [2.45, 2.75) is 26.7 Å². The predicted molar refractivity (Wildman–Crippen MR) is 113 cm³/mol. The third-order valence-electron chi connectivity index (χ3n) is 5.15. The molecule has 5 rings (SSSR count). The minimum atomic E-state index is 0.113. The van der Waals surface area contributed by atoms with Crippen molar-refractivity contribution in [2.75, 3.05) is 5.32 Å². The van der Waals surface area contributed by atoms with Crippen LogP contribution < -0.4 is 5.32 Å². The van der Waals surface area contributed by atoms with E-state index in [1.165, 1.54) is 6.33 Å². The van der Waals surface area contributed by atoms with E-state index in [1.807, 2.05) is 35.8 Å². The molecule has 0 atom stereocenters. The third kappa shape index (κ3) is 3.36. The van der Waals surface area contributed by atoms with Gasteiger partial charge in [0.15, 0.2) is 0 Å². The van der Waals surface area contributed by atoms with E-state index in [4.69, 9.17) is 4.98 Å². The molecule has 146 valence electrons. The SMILES string of the molecule is Cc1cc(-c2csc(-c3cccc(NC(=O)C4CC4)c3)n2)c(C)n1-c1ncn[nH]1. The van der Waals surface area contributed by atoms with Gasteiger partial charge in [-0.1, -0.05) is 12.1 Å². The van der Waals surface area contributed by atoms with E-state index in [-0.39, 0.29) is 11.8 Å². The van der Waals surface area contributed by atoms with Gasteiger partial charge in [0.25, 0.3) is 0 Å². The van der Waals surface area contributed by atoms with Crippen molar-refractivity contribution in [3.8, 4) is 27.8 Å². The largest absolute Gasteiger partial charge is 0.326 e. The fourth-order valence-electron chi connectivity index (χ4n) is 3.50. The molecule has 2 N–H and O–H groups in total. The highest BCUT2D eigenvalue weighted by atomic mass is 32.1. The van der Waals surface area contributed by atoms with Crippen LogP contribution >= 0.6 is 11.3 Å². The molecule has 3 heterocycles. The standard InChI is InChI=1S/C21H20N6OS/c1-12-8-17(13(2)27(12)21-22-11-23-26-21)18-10-29-20(25-18)15-4-3-5-16(9-15)24-19(28)14-6-7-14/h3-5,8-11,14H,6-7H2,1-2H3,(H,24,28)(H,22,23,26). The molecule has 0 aliphatic heterocycles. The average molecular weight is 404 g/mol. The van der Waals surface area contributed by atoms with Crippen LogP contribution in [0.2, 0.25) is 0 Å². The molecule has 1 saturated carbocycles. The van der Waals surface area contributed by atoms with Gasteiger partial charge in [0.05, 0.1) is 5.69 Å². The smallest absolute Gasteiger partial charge is 0.229 e. The summed E-state index contributed by atoms with van der Waals surface area (Å²) in [7, 11) is 0. The van der Waals surface area contributed by atoms with E-state index in [9.17, 15) is 4.79 Å². The minimum Gasteiger partial charge on any atom is -0.326 e. The van der Waals surface area contributed by atoms with E-state index in [2.05, 4.69) is 38.9 Å². The Labute approximate surface area is 171 Å². The molecule has 29 heavy (non-hydrogen) atoms. The number of amides is 1. The summed E-state index contributed by atoms with van der Waals surface area (Å²) in [6.45, 7) is 4.09. The molecule has 1 aromatic carbocycles. The Morgan fingerprint density at radius 1 is 1.28 bits per heavy atom. The molecule has 7 nitrogen and oxygen atoms in total. The number of carbonyl (C=O) groups excluding carboxylic acids is 1. The average Bonchev–Trinajstić information content (AvgIpc) is 3.10. The van der Waals surface area contributed by atoms with Gasteiger partial charge in [0, 0.05) is 39.5 Å². The normalized spacial score (nSPS) is 13.6. The van der Waals surface area contributed by atoms with Crippen LogP contribution in [0.4, 0.5) is 5.69 Å². The predicted octanol–water partition coefficient (Wildman–Crippen LogP) is 4.35. The molecule has 1 amide bonds. The summed E-state index contributed by atoms with van der Waals surface area (Å²) in [5.74, 6) is 0.993. The Morgan fingerprint density at radius 2 is 2.14 bits per heavy atom. The Hall–Kier alpha value is -3.26. The van der Waals surface area contributed by atoms with Gasteiger partial charge < -0.3 is 5.32 Å². The zero-order chi connectivity index (χ0) is 20.0. The third-order valence-corrected chi connectivity index (χ3v) is 6.04. The van der Waals surface area contributed by atoms with Crippen LogP contribution in [0.5, 0.6) is 0 Å². The molecule has 1 aliphatic rings. The van der Waals surface area contributed by atoms with Crippen LogP contribution in [0.25, 0.3) is 27.8 Å². The van der Waals surface area contributed by atoms with Crippen LogP contribution in [0, 0.1) is 19.8 Å². The maximum Gasteiger partial charge on any atom is 0.229 e. The van der Waals surface area contributed by atoms with Crippen LogP contribution in [0.3, 0.4) is 0 Å². The van der Waals surface area contributed by atoms with Crippen molar-refractivity contribution in [1.29, 1.82) is 0 Å². The summed E-state index contributed by atoms with van der Waals surface area (Å²) in [6.07, 6.45) is 3.49. The van der Waals surface area contributed by atoms with Gasteiger partial charge in [-0.15, -0.1) is 11.3 Å². The molecule has 0 saturated heterocycles. The van der Waals surface area contributed by atoms with E-state index < -0.39 is 0 Å². The molecule has 4 aromatic rings. The van der Waals surface area contributed by atoms with Gasteiger partial charge >= 0.3 is 0 Å². The number of aryl methyl sites for hydroxylation is 1. The molecule has 1 fully saturated rings. The highest BCUT2D eigenvalue weighted by Gasteiger charge is 2.29. The first kappa shape index (κ1) is 17.8. The first-order chi connectivity index (χ1) is 14.1. The van der Waals surface area contributed by atoms with Gasteiger partial charge in [-0.2, -0.15) is 10.1 Å². The lowest BCUT2D eigenvalue weighted by atomic mass is 10.2. The van der Waals surface area contributed by atoms with Crippen LogP contribution in [-0.4, -0.2) is 30.6 Å². The number of hydrogen-bond donors (Lipinski definition) is 2. The number of carbonyl (C=O) groups is 1. The highest BCUT2D eigenvalue weighted by Crippen LogP contribution is 2.34. The maximum atomic E-state index is 12.0. The first-order valence-corrected chi connectivity index (χ1v) is 10.4. The van der Waals surface area contributed by atoms with E-state index in [0.717, 1.165) is 51.7 Å². The summed E-state index contributed by atoms with van der Waals surface area (Å²) in [5, 5.41) is 12.9. The lowest BCUT2D eigenvalue weighted by Crippen LogP contribution is -2.13. The fourth-order valence-corrected chi connectivity index (χ4v) is 4.32. The molecular weight excluding hydrogens is 384 g/mol. The number of anilines is 1. The van der Waals surface area contributed by atoms with Crippen molar-refractivity contribution >= 4 is 22.9 Å². The van der Waals surface area contributed by atoms with Gasteiger partial charge in [-0.3, -0.25) is 9.36 Å². The number of benzene rings is 1. The molecule has 3 aromatic heterocycles. The number of aromatic amines is 1. The Balaban J connectivity index is 1.44. The van der Waals surface area contributed by atoms with E-state index in [0.29, 0.717) is 5.95 Å². The number of nitrogens with zero attached hydrogens (tertiary/aromatic N) is 4. The number of rotatable bonds is 5. The van der Waals surface area contributed by atoms with E-state index in [1.54, 1.807) is 11.3 Å². The second-order valence-electron chi connectivity index (χ2n) is 7.31. The summed E-state index contributed by atoms with van der Waals surface area (Å²) >= 11 is 1.60. The molecule has 0 radical (unpaired) electrons. The minimum absolute atomic E-state index is 0.113. The number of H-pyrrole nitrogens is 1. The highest BCUT2D eigenvalue weighted by molar-refractivity contribution is 7.13. The molecule has 0 unspecified atom stereocenters. The van der Waals surface area contributed by atoms with Gasteiger partial charge in [0.1, 0.15) is 11.3 Å². The second kappa shape index (κ2) is 6.97. The Morgan fingerprint density at radius 3 is 2.90 bits per heavy atom. The maximum absolute atomic E-state index is 12.0. The summed E-state index contributed by atoms with van der Waals surface area (Å²) in [4.78, 5) is 21.2. The second-order valence-corrected chi connectivity index (χ2v) is 8.17. The number of aromatic nitrogens is 5. The zero-order valence-electron chi connectivity index (χ0n) is 16.1. The summed E-state index contributed by atoms with van der Waals surface area (Å²) < 4.78 is 2.04. The van der Waals surface area contributed by atoms with Crippen LogP contribution in [-0.2, 0) is 4.79 Å². The van der Waals surface area contributed by atoms with Crippen molar-refractivity contribution in [3.63, 3.8) is 0 Å².